The van der Waals surface area contributed by atoms with Crippen molar-refractivity contribution < 1.29 is 81.0 Å². The molecule has 0 bridgehead atoms. The Morgan fingerprint density at radius 1 is 0.358 bits per heavy atom. The summed E-state index contributed by atoms with van der Waals surface area (Å²) in [5.41, 5.74) is 19.5. The van der Waals surface area contributed by atoms with Crippen LogP contribution in [0.1, 0.15) is 153 Å². The van der Waals surface area contributed by atoms with Crippen molar-refractivity contribution in [2.75, 3.05) is 127 Å². The lowest BCUT2D eigenvalue weighted by atomic mass is 9.94. The van der Waals surface area contributed by atoms with Gasteiger partial charge >= 0.3 is 47.9 Å². The van der Waals surface area contributed by atoms with E-state index in [1.165, 1.54) is 117 Å². The van der Waals surface area contributed by atoms with Crippen molar-refractivity contribution in [3.8, 4) is 44.5 Å². The summed E-state index contributed by atoms with van der Waals surface area (Å²) >= 11 is 0. The van der Waals surface area contributed by atoms with Crippen molar-refractivity contribution in [1.29, 1.82) is 0 Å². The number of likely N-dealkylation sites (tertiary alicyclic amines) is 1. The van der Waals surface area contributed by atoms with E-state index in [0.717, 1.165) is 96.8 Å². The molecule has 3 unspecified atom stereocenters. The summed E-state index contributed by atoms with van der Waals surface area (Å²) in [5.74, 6) is -0.912. The van der Waals surface area contributed by atoms with Crippen LogP contribution in [0.5, 0.6) is 0 Å². The molecule has 7 atom stereocenters. The molecule has 1 N–H and O–H groups in total. The number of hydrogen-bond donors (Lipinski definition) is 1. The van der Waals surface area contributed by atoms with Gasteiger partial charge in [0.05, 0.1) is 65.9 Å². The Kier molecular flexibility index (Phi) is 30.7. The van der Waals surface area contributed by atoms with Gasteiger partial charge in [-0.2, -0.15) is 0 Å². The second-order valence-electron chi connectivity index (χ2n) is 32.3. The number of carbonyl (C=O) groups excluding carboxylic acids is 8. The second-order valence-corrected chi connectivity index (χ2v) is 32.3. The number of methoxy groups -OCH3 is 4. The van der Waals surface area contributed by atoms with Gasteiger partial charge in [-0.3, -0.25) is 43.5 Å². The molecule has 632 valence electrons. The Morgan fingerprint density at radius 2 is 0.692 bits per heavy atom. The van der Waals surface area contributed by atoms with Crippen molar-refractivity contribution >= 4 is 47.9 Å². The Labute approximate surface area is 705 Å². The summed E-state index contributed by atoms with van der Waals surface area (Å²) in [6, 6.07) is 66.5. The molecule has 8 aromatic carbocycles. The third kappa shape index (κ3) is 20.8. The minimum absolute atomic E-state index is 0.0459. The van der Waals surface area contributed by atoms with Crippen LogP contribution in [0, 0.1) is 35.5 Å². The third-order valence-electron chi connectivity index (χ3n) is 25.6. The molecule has 8 aromatic rings. The maximum absolute atomic E-state index is 13.1. The van der Waals surface area contributed by atoms with Gasteiger partial charge in [-0.1, -0.05) is 227 Å². The van der Waals surface area contributed by atoms with E-state index in [4.69, 9.17) is 33.2 Å². The van der Waals surface area contributed by atoms with Crippen molar-refractivity contribution in [2.45, 2.75) is 114 Å². The molecule has 0 spiro atoms. The molecule has 21 nitrogen and oxygen atoms in total. The lowest BCUT2D eigenvalue weighted by Crippen LogP contribution is -2.41. The molecule has 21 heteroatoms. The van der Waals surface area contributed by atoms with Crippen molar-refractivity contribution in [1.82, 2.24) is 20.0 Å². The Hall–Kier alpha value is -10.8. The van der Waals surface area contributed by atoms with Crippen LogP contribution in [0.25, 0.3) is 44.5 Å². The van der Waals surface area contributed by atoms with Crippen LogP contribution in [-0.4, -0.2) is 196 Å². The smallest absolute Gasteiger partial charge is 0.407 e. The lowest BCUT2D eigenvalue weighted by Gasteiger charge is -2.28. The molecule has 3 saturated carbocycles. The number of nitrogens with one attached hydrogen (secondary N) is 1. The largest absolute Gasteiger partial charge is 0.468 e. The molecule has 8 aliphatic rings. The molecule has 4 fully saturated rings. The van der Waals surface area contributed by atoms with Gasteiger partial charge in [0.15, 0.2) is 0 Å². The zero-order valence-corrected chi connectivity index (χ0v) is 70.0. The van der Waals surface area contributed by atoms with Crippen LogP contribution in [0.4, 0.5) is 4.79 Å². The monoisotopic (exact) mass is 1630 g/mol. The second kappa shape index (κ2) is 42.4. The Bertz CT molecular complexity index is 4690. The van der Waals surface area contributed by atoms with Crippen molar-refractivity contribution in [3.05, 3.63) is 239 Å². The first-order chi connectivity index (χ1) is 58.6. The number of nitrogens with zero attached hydrogens (tertiary/aromatic N) is 3. The highest BCUT2D eigenvalue weighted by atomic mass is 16.6. The maximum Gasteiger partial charge on any atom is 0.407 e. The van der Waals surface area contributed by atoms with Crippen LogP contribution in [-0.2, 0) is 76.2 Å². The van der Waals surface area contributed by atoms with Gasteiger partial charge in [-0.05, 0) is 178 Å². The first-order valence-corrected chi connectivity index (χ1v) is 42.8. The van der Waals surface area contributed by atoms with Gasteiger partial charge in [-0.15, -0.1) is 0 Å². The van der Waals surface area contributed by atoms with Gasteiger partial charge in [0, 0.05) is 49.9 Å². The van der Waals surface area contributed by atoms with E-state index in [0.29, 0.717) is 52.7 Å². The van der Waals surface area contributed by atoms with E-state index in [-0.39, 0.29) is 121 Å². The molecule has 1 aliphatic heterocycles. The molecule has 0 radical (unpaired) electrons. The average Bonchev–Trinajstić information content (AvgIpc) is 1.63. The number of carbonyl (C=O) groups is 8. The number of likely N-dealkylation sites (N-methyl/N-ethyl adjacent to an activating group) is 2. The number of amides is 1. The van der Waals surface area contributed by atoms with E-state index in [1.807, 2.05) is 79.4 Å². The van der Waals surface area contributed by atoms with Crippen LogP contribution in [0.3, 0.4) is 0 Å². The van der Waals surface area contributed by atoms with Crippen molar-refractivity contribution in [2.24, 2.45) is 35.5 Å². The molecule has 7 aliphatic carbocycles. The van der Waals surface area contributed by atoms with E-state index < -0.39 is 12.1 Å². The fourth-order valence-corrected chi connectivity index (χ4v) is 19.4. The van der Waals surface area contributed by atoms with E-state index >= 15 is 0 Å². The summed E-state index contributed by atoms with van der Waals surface area (Å²) in [6.07, 6.45) is 9.89. The van der Waals surface area contributed by atoms with Crippen LogP contribution >= 0.6 is 0 Å². The first-order valence-electron chi connectivity index (χ1n) is 42.8. The number of rotatable bonds is 29. The fraction of sp³-hybridized carbons (Fsp3) is 0.434. The summed E-state index contributed by atoms with van der Waals surface area (Å²) in [4.78, 5) is 104. The highest BCUT2D eigenvalue weighted by molar-refractivity contribution is 5.84. The molecule has 0 aromatic heterocycles. The number of hydrogen-bond acceptors (Lipinski definition) is 20. The normalized spacial score (nSPS) is 19.5. The average molecular weight is 1630 g/mol. The maximum atomic E-state index is 13.1. The van der Waals surface area contributed by atoms with Crippen LogP contribution in [0.2, 0.25) is 0 Å². The van der Waals surface area contributed by atoms with Gasteiger partial charge in [-0.25, -0.2) is 9.59 Å². The quantitative estimate of drug-likeness (QED) is 0.0338. The van der Waals surface area contributed by atoms with Crippen molar-refractivity contribution in [3.63, 3.8) is 0 Å². The molecule has 1 amide bonds. The number of ether oxygens (including phenoxy) is 9. The number of esters is 7. The fourth-order valence-electron chi connectivity index (χ4n) is 19.4. The molecule has 1 heterocycles. The third-order valence-corrected chi connectivity index (χ3v) is 25.6. The summed E-state index contributed by atoms with van der Waals surface area (Å²) < 4.78 is 47.7. The first kappa shape index (κ1) is 87.0. The van der Waals surface area contributed by atoms with E-state index in [1.54, 1.807) is 0 Å². The highest BCUT2D eigenvalue weighted by Crippen LogP contribution is 2.50. The van der Waals surface area contributed by atoms with Gasteiger partial charge < -0.3 is 47.9 Å². The van der Waals surface area contributed by atoms with Gasteiger partial charge in [0.2, 0.25) is 0 Å². The van der Waals surface area contributed by atoms with Gasteiger partial charge in [0.1, 0.15) is 39.1 Å². The SMILES string of the molecule is CCN(CC(=O)OC)C[C@H]1CCCC1C(=O)OCC1c2ccccc2-c2ccccc21.CCN(CCNC(=O)OCC1c2ccccc2-c2ccccc21)CC(=O)OC.COC(=O)COC[C@H]1CCCC1C(=O)OCC1c2ccccc2-c2ccccc21.COC(=O)[C@@H]1CCCN1C[C@H]1CCCC1C(=O)OCC1c2ccccc2-c2ccccc21. The summed E-state index contributed by atoms with van der Waals surface area (Å²) in [5, 5.41) is 2.76. The molecular formula is C99H114N4O17. The zero-order chi connectivity index (χ0) is 84.0. The Morgan fingerprint density at radius 3 is 1.06 bits per heavy atom. The minimum Gasteiger partial charge on any atom is -0.468 e. The van der Waals surface area contributed by atoms with Gasteiger partial charge in [0.25, 0.3) is 0 Å². The zero-order valence-electron chi connectivity index (χ0n) is 70.0. The highest BCUT2D eigenvalue weighted by Gasteiger charge is 2.43. The Balaban J connectivity index is 0.000000138. The van der Waals surface area contributed by atoms with Crippen LogP contribution in [0.15, 0.2) is 194 Å². The number of fused-ring (bicyclic) bond motifs is 12. The molecule has 1 saturated heterocycles. The molecule has 16 rings (SSSR count). The summed E-state index contributed by atoms with van der Waals surface area (Å²) in [7, 11) is 5.56. The topological polar surface area (TPSA) is 241 Å². The lowest BCUT2D eigenvalue weighted by molar-refractivity contribution is -0.152. The molecular weight excluding hydrogens is 1520 g/mol. The van der Waals surface area contributed by atoms with Crippen LogP contribution < -0.4 is 5.32 Å². The minimum atomic E-state index is -0.448. The summed E-state index contributed by atoms with van der Waals surface area (Å²) in [6.45, 7) is 10.9. The standard InChI is InChI=1S/C27H31NO4.C26H31NO4.C24H26O5.C22H26N2O4/c1-31-27(30)25-14-7-15-28(25)16-18-8-6-13-19(18)26(29)32-17-24-22-11-4-2-9-20(22)21-10-3-5-12-23(21)24;1-3-27(16-25(28)30-2)15-18-9-8-14-19(18)26(29)31-17-24-22-12-6-4-10-20(22)21-11-5-7-13-23(21)24;1-27-23(25)15-28-13-16-7-6-12-17(16)24(26)29-14-22-20-10-4-2-8-18(20)19-9-3-5-11-21(19)22;1-3-24(14-21(25)27-2)13-12-23-22(26)28-15-20-18-10-6-4-8-16(18)17-9-5-7-11-19(17)20/h2-5,9-12,18-19,24-25H,6-8,13-17H2,1H3;4-7,10-13,18-19,24H,3,8-9,14-17H2,1-2H3;2-5,8-11,16-17,22H,6-7,12-15H2,1H3;4-11,20H,3,12-15H2,1-2H3,(H,23,26)/t18-,19?,25+;18-,19?;16-,17?;/m111./s1. The molecule has 120 heavy (non-hydrogen) atoms. The number of alkyl carbamates (subject to hydrolysis) is 1. The number of benzene rings is 8. The predicted molar refractivity (Wildman–Crippen MR) is 457 cm³/mol. The van der Waals surface area contributed by atoms with E-state index in [2.05, 4.69) is 158 Å². The van der Waals surface area contributed by atoms with E-state index in [9.17, 15) is 38.4 Å². The predicted octanol–water partition coefficient (Wildman–Crippen LogP) is 15.6.